The van der Waals surface area contributed by atoms with Crippen LogP contribution in [0, 0.1) is 11.3 Å². The monoisotopic (exact) mass is 373 g/mol. The second-order valence-electron chi connectivity index (χ2n) is 5.00. The van der Waals surface area contributed by atoms with Gasteiger partial charge in [0.05, 0.1) is 7.11 Å². The van der Waals surface area contributed by atoms with Crippen LogP contribution in [0.3, 0.4) is 0 Å². The van der Waals surface area contributed by atoms with Crippen LogP contribution in [-0.4, -0.2) is 31.4 Å². The van der Waals surface area contributed by atoms with E-state index >= 15 is 0 Å². The first-order valence-corrected chi connectivity index (χ1v) is 7.96. The van der Waals surface area contributed by atoms with Crippen molar-refractivity contribution in [2.75, 3.05) is 20.3 Å². The van der Waals surface area contributed by atoms with Gasteiger partial charge in [-0.25, -0.2) is 4.79 Å². The lowest BCUT2D eigenvalue weighted by atomic mass is 10.1. The summed E-state index contributed by atoms with van der Waals surface area (Å²) in [5.41, 5.74) is -0.0175. The Morgan fingerprint density at radius 3 is 2.42 bits per heavy atom. The molecule has 0 bridgehead atoms. The molecule has 2 aromatic carbocycles. The molecule has 0 heterocycles. The highest BCUT2D eigenvalue weighted by Gasteiger charge is 2.10. The van der Waals surface area contributed by atoms with E-state index in [9.17, 15) is 4.79 Å². The number of nitriles is 1. The minimum Gasteiger partial charge on any atom is -0.493 e. The van der Waals surface area contributed by atoms with Crippen LogP contribution in [0.2, 0.25) is 5.02 Å². The third-order valence-electron chi connectivity index (χ3n) is 3.29. The van der Waals surface area contributed by atoms with E-state index in [4.69, 9.17) is 36.2 Å². The van der Waals surface area contributed by atoms with Crippen molar-refractivity contribution in [2.45, 2.75) is 0 Å². The summed E-state index contributed by atoms with van der Waals surface area (Å²) >= 11 is 5.94. The Hall–Kier alpha value is -3.17. The first-order valence-electron chi connectivity index (χ1n) is 7.58. The van der Waals surface area contributed by atoms with Crippen molar-refractivity contribution in [3.05, 3.63) is 58.6 Å². The number of carboxylic acids is 1. The van der Waals surface area contributed by atoms with E-state index in [-0.39, 0.29) is 13.2 Å². The predicted molar refractivity (Wildman–Crippen MR) is 96.7 cm³/mol. The standard InChI is InChI=1S/C19H16ClNO5/c1-24-17-4-2-3-5-18(17)26-9-8-25-16-7-6-15(20)11-13(16)10-14(12-21)19(22)23/h2-7,10-11H,8-9H2,1H3,(H,22,23). The third kappa shape index (κ3) is 5.16. The van der Waals surface area contributed by atoms with Crippen LogP contribution < -0.4 is 14.2 Å². The minimum absolute atomic E-state index is 0.204. The second-order valence-corrected chi connectivity index (χ2v) is 5.44. The van der Waals surface area contributed by atoms with Crippen LogP contribution in [0.15, 0.2) is 48.0 Å². The summed E-state index contributed by atoms with van der Waals surface area (Å²) in [5, 5.41) is 18.3. The third-order valence-corrected chi connectivity index (χ3v) is 3.53. The van der Waals surface area contributed by atoms with Crippen LogP contribution in [0.4, 0.5) is 0 Å². The Bertz CT molecular complexity index is 857. The van der Waals surface area contributed by atoms with E-state index in [1.165, 1.54) is 12.1 Å². The van der Waals surface area contributed by atoms with Gasteiger partial charge in [0.15, 0.2) is 11.5 Å². The molecule has 2 rings (SSSR count). The summed E-state index contributed by atoms with van der Waals surface area (Å²) in [6, 6.07) is 13.6. The molecule has 0 aliphatic rings. The van der Waals surface area contributed by atoms with Crippen molar-refractivity contribution < 1.29 is 24.1 Å². The molecule has 0 aromatic heterocycles. The van der Waals surface area contributed by atoms with Crippen LogP contribution in [0.25, 0.3) is 6.08 Å². The van der Waals surface area contributed by atoms with Crippen LogP contribution in [0.5, 0.6) is 17.2 Å². The summed E-state index contributed by atoms with van der Waals surface area (Å²) in [6.45, 7) is 0.450. The molecular formula is C19H16ClNO5. The highest BCUT2D eigenvalue weighted by molar-refractivity contribution is 6.30. The van der Waals surface area contributed by atoms with Crippen molar-refractivity contribution in [3.8, 4) is 23.3 Å². The van der Waals surface area contributed by atoms with E-state index in [2.05, 4.69) is 0 Å². The first-order chi connectivity index (χ1) is 12.5. The second kappa shape index (κ2) is 9.35. The van der Waals surface area contributed by atoms with E-state index in [1.807, 2.05) is 12.1 Å². The molecule has 0 unspecified atom stereocenters. The topological polar surface area (TPSA) is 88.8 Å². The normalized spacial score (nSPS) is 10.7. The van der Waals surface area contributed by atoms with E-state index in [0.29, 0.717) is 27.8 Å². The zero-order valence-electron chi connectivity index (χ0n) is 13.9. The fraction of sp³-hybridized carbons (Fsp3) is 0.158. The molecular weight excluding hydrogens is 358 g/mol. The average molecular weight is 374 g/mol. The van der Waals surface area contributed by atoms with Crippen LogP contribution >= 0.6 is 11.6 Å². The molecule has 0 fully saturated rings. The van der Waals surface area contributed by atoms with Crippen LogP contribution in [0.1, 0.15) is 5.56 Å². The number of para-hydroxylation sites is 2. The number of rotatable bonds is 8. The number of carbonyl (C=O) groups is 1. The summed E-state index contributed by atoms with van der Waals surface area (Å²) in [5.74, 6) is 0.278. The molecule has 26 heavy (non-hydrogen) atoms. The molecule has 0 radical (unpaired) electrons. The predicted octanol–water partition coefficient (Wildman–Crippen LogP) is 3.80. The molecule has 0 amide bonds. The van der Waals surface area contributed by atoms with Crippen LogP contribution in [-0.2, 0) is 4.79 Å². The summed E-state index contributed by atoms with van der Waals surface area (Å²) in [4.78, 5) is 11.0. The average Bonchev–Trinajstić information content (AvgIpc) is 2.64. The quantitative estimate of drug-likeness (QED) is 0.430. The summed E-state index contributed by atoms with van der Waals surface area (Å²) in [7, 11) is 1.56. The minimum atomic E-state index is -1.32. The van der Waals surface area contributed by atoms with Gasteiger partial charge in [0, 0.05) is 10.6 Å². The van der Waals surface area contributed by atoms with Gasteiger partial charge >= 0.3 is 5.97 Å². The molecule has 134 valence electrons. The van der Waals surface area contributed by atoms with E-state index in [1.54, 1.807) is 37.4 Å². The van der Waals surface area contributed by atoms with Crippen molar-refractivity contribution in [1.82, 2.24) is 0 Å². The number of nitrogens with zero attached hydrogens (tertiary/aromatic N) is 1. The molecule has 6 nitrogen and oxygen atoms in total. The number of carboxylic acid groups (broad SMARTS) is 1. The number of methoxy groups -OCH3 is 1. The lowest BCUT2D eigenvalue weighted by molar-refractivity contribution is -0.132. The number of benzene rings is 2. The number of aliphatic carboxylic acids is 1. The van der Waals surface area contributed by atoms with Crippen molar-refractivity contribution >= 4 is 23.6 Å². The van der Waals surface area contributed by atoms with Crippen molar-refractivity contribution in [1.29, 1.82) is 5.26 Å². The molecule has 0 saturated heterocycles. The van der Waals surface area contributed by atoms with Gasteiger partial charge < -0.3 is 19.3 Å². The highest BCUT2D eigenvalue weighted by Crippen LogP contribution is 2.27. The molecule has 0 aliphatic heterocycles. The Labute approximate surface area is 155 Å². The van der Waals surface area contributed by atoms with Gasteiger partial charge in [0.2, 0.25) is 0 Å². The molecule has 0 atom stereocenters. The van der Waals surface area contributed by atoms with Gasteiger partial charge in [0.25, 0.3) is 0 Å². The van der Waals surface area contributed by atoms with Gasteiger partial charge in [-0.05, 0) is 36.4 Å². The van der Waals surface area contributed by atoms with Gasteiger partial charge in [-0.3, -0.25) is 0 Å². The Morgan fingerprint density at radius 2 is 1.81 bits per heavy atom. The summed E-state index contributed by atoms with van der Waals surface area (Å²) < 4.78 is 16.5. The first kappa shape index (κ1) is 19.2. The fourth-order valence-electron chi connectivity index (χ4n) is 2.10. The molecule has 7 heteroatoms. The maximum Gasteiger partial charge on any atom is 0.346 e. The number of halogens is 1. The Balaban J connectivity index is 2.06. The smallest absolute Gasteiger partial charge is 0.346 e. The molecule has 0 spiro atoms. The maximum absolute atomic E-state index is 11.0. The van der Waals surface area contributed by atoms with Gasteiger partial charge in [-0.1, -0.05) is 23.7 Å². The molecule has 0 aliphatic carbocycles. The zero-order valence-corrected chi connectivity index (χ0v) is 14.7. The Morgan fingerprint density at radius 1 is 1.15 bits per heavy atom. The van der Waals surface area contributed by atoms with Gasteiger partial charge in [-0.15, -0.1) is 0 Å². The van der Waals surface area contributed by atoms with Crippen molar-refractivity contribution in [2.24, 2.45) is 0 Å². The lowest BCUT2D eigenvalue weighted by Crippen LogP contribution is -2.10. The van der Waals surface area contributed by atoms with Gasteiger partial charge in [0.1, 0.15) is 30.6 Å². The van der Waals surface area contributed by atoms with E-state index in [0.717, 1.165) is 0 Å². The fourth-order valence-corrected chi connectivity index (χ4v) is 2.28. The number of hydrogen-bond donors (Lipinski definition) is 1. The zero-order chi connectivity index (χ0) is 18.9. The lowest BCUT2D eigenvalue weighted by Gasteiger charge is -2.12. The number of ether oxygens (including phenoxy) is 3. The maximum atomic E-state index is 11.0. The highest BCUT2D eigenvalue weighted by atomic mass is 35.5. The SMILES string of the molecule is COc1ccccc1OCCOc1ccc(Cl)cc1C=C(C#N)C(=O)O. The summed E-state index contributed by atoms with van der Waals surface area (Å²) in [6.07, 6.45) is 1.21. The molecule has 2 aromatic rings. The van der Waals surface area contributed by atoms with E-state index < -0.39 is 11.5 Å². The molecule has 1 N–H and O–H groups in total. The van der Waals surface area contributed by atoms with Gasteiger partial charge in [-0.2, -0.15) is 5.26 Å². The number of hydrogen-bond acceptors (Lipinski definition) is 5. The Kier molecular flexibility index (Phi) is 6.89. The largest absolute Gasteiger partial charge is 0.493 e. The molecule has 0 saturated carbocycles. The van der Waals surface area contributed by atoms with Crippen molar-refractivity contribution in [3.63, 3.8) is 0 Å².